The van der Waals surface area contributed by atoms with Crippen molar-refractivity contribution in [1.82, 2.24) is 9.97 Å². The van der Waals surface area contributed by atoms with Crippen LogP contribution in [0.25, 0.3) is 0 Å². The topological polar surface area (TPSA) is 160 Å². The highest BCUT2D eigenvalue weighted by molar-refractivity contribution is 7.80. The van der Waals surface area contributed by atoms with Gasteiger partial charge in [-0.2, -0.15) is 0 Å². The van der Waals surface area contributed by atoms with Gasteiger partial charge in [0.15, 0.2) is 11.5 Å². The van der Waals surface area contributed by atoms with Gasteiger partial charge in [0, 0.05) is 12.1 Å². The number of hydrogen-bond acceptors (Lipinski definition) is 7. The lowest BCUT2D eigenvalue weighted by Crippen LogP contribution is -2.36. The van der Waals surface area contributed by atoms with Gasteiger partial charge >= 0.3 is 0 Å². The largest absolute Gasteiger partial charge is 0.368 e. The number of thiocarbonyl (C=S) groups is 1. The van der Waals surface area contributed by atoms with Crippen molar-refractivity contribution >= 4 is 46.4 Å². The van der Waals surface area contributed by atoms with Crippen LogP contribution in [-0.4, -0.2) is 38.5 Å². The maximum absolute atomic E-state index is 11.7. The second-order valence-electron chi connectivity index (χ2n) is 6.44. The van der Waals surface area contributed by atoms with E-state index in [0.29, 0.717) is 23.0 Å². The fourth-order valence-corrected chi connectivity index (χ4v) is 2.73. The number of carbonyl (C=O) groups is 2. The Bertz CT molecular complexity index is 733. The molecule has 26 heavy (non-hydrogen) atoms. The number of hydrogen-bond donors (Lipinski definition) is 5. The number of amides is 2. The molecule has 1 aromatic rings. The molecule has 0 bridgehead atoms. The van der Waals surface area contributed by atoms with E-state index in [9.17, 15) is 9.59 Å². The van der Waals surface area contributed by atoms with Crippen LogP contribution < -0.4 is 22.1 Å². The molecule has 0 saturated heterocycles. The predicted octanol–water partition coefficient (Wildman–Crippen LogP) is 1.20. The Hall–Kier alpha value is -2.62. The normalized spacial score (nSPS) is 14.3. The van der Waals surface area contributed by atoms with Gasteiger partial charge in [-0.25, -0.2) is 9.97 Å². The third kappa shape index (κ3) is 6.03. The molecule has 9 nitrogen and oxygen atoms in total. The molecule has 2 rings (SSSR count). The van der Waals surface area contributed by atoms with E-state index in [-0.39, 0.29) is 23.8 Å². The highest BCUT2D eigenvalue weighted by Gasteiger charge is 2.25. The first-order chi connectivity index (χ1) is 12.3. The van der Waals surface area contributed by atoms with E-state index in [1.165, 1.54) is 19.0 Å². The zero-order chi connectivity index (χ0) is 19.3. The number of primary amides is 2. The van der Waals surface area contributed by atoms with E-state index in [2.05, 4.69) is 20.6 Å². The van der Waals surface area contributed by atoms with E-state index in [1.807, 2.05) is 0 Å². The molecular weight excluding hydrogens is 354 g/mol. The molecule has 10 heteroatoms. The van der Waals surface area contributed by atoms with Crippen LogP contribution in [0.3, 0.4) is 0 Å². The van der Waals surface area contributed by atoms with Crippen molar-refractivity contribution in [3.63, 3.8) is 0 Å². The summed E-state index contributed by atoms with van der Waals surface area (Å²) < 4.78 is 0. The average molecular weight is 377 g/mol. The van der Waals surface area contributed by atoms with Crippen LogP contribution in [-0.2, 0) is 4.79 Å². The minimum atomic E-state index is -0.763. The zero-order valence-corrected chi connectivity index (χ0v) is 15.4. The molecule has 0 aromatic carbocycles. The first kappa shape index (κ1) is 19.7. The van der Waals surface area contributed by atoms with Crippen molar-refractivity contribution in [3.05, 3.63) is 11.9 Å². The number of nitrogens with two attached hydrogens (primary N) is 2. The molecule has 1 aromatic heterocycles. The van der Waals surface area contributed by atoms with Crippen LogP contribution in [0.5, 0.6) is 0 Å². The Labute approximate surface area is 156 Å². The third-order valence-corrected chi connectivity index (χ3v) is 4.16. The van der Waals surface area contributed by atoms with Crippen molar-refractivity contribution in [2.45, 2.75) is 45.1 Å². The highest BCUT2D eigenvalue weighted by atomic mass is 32.1. The summed E-state index contributed by atoms with van der Waals surface area (Å²) in [6, 6.07) is -0.576. The lowest BCUT2D eigenvalue weighted by molar-refractivity contribution is -0.118. The smallest absolute Gasteiger partial charge is 0.271 e. The van der Waals surface area contributed by atoms with Crippen molar-refractivity contribution in [1.29, 1.82) is 5.41 Å². The van der Waals surface area contributed by atoms with Crippen LogP contribution in [0.1, 0.15) is 49.5 Å². The number of aromatic nitrogens is 2. The Kier molecular flexibility index (Phi) is 6.56. The molecule has 140 valence electrons. The van der Waals surface area contributed by atoms with Crippen molar-refractivity contribution in [3.8, 4) is 0 Å². The van der Waals surface area contributed by atoms with Crippen molar-refractivity contribution in [2.24, 2.45) is 17.4 Å². The maximum Gasteiger partial charge on any atom is 0.271 e. The Morgan fingerprint density at radius 1 is 1.42 bits per heavy atom. The molecule has 1 aliphatic carbocycles. The van der Waals surface area contributed by atoms with Crippen LogP contribution >= 0.6 is 12.2 Å². The summed E-state index contributed by atoms with van der Waals surface area (Å²) in [5.41, 5.74) is 11.1. The summed E-state index contributed by atoms with van der Waals surface area (Å²) in [5.74, 6) is -0.205. The fourth-order valence-electron chi connectivity index (χ4n) is 2.42. The first-order valence-electron chi connectivity index (χ1n) is 8.32. The van der Waals surface area contributed by atoms with Crippen LogP contribution in [0.4, 0.5) is 11.6 Å². The minimum absolute atomic E-state index is 0.0749. The summed E-state index contributed by atoms with van der Waals surface area (Å²) in [5, 5.41) is 13.2. The highest BCUT2D eigenvalue weighted by Crippen LogP contribution is 2.34. The van der Waals surface area contributed by atoms with Gasteiger partial charge in [0.25, 0.3) is 5.91 Å². The van der Waals surface area contributed by atoms with Gasteiger partial charge in [-0.1, -0.05) is 25.1 Å². The number of carbonyl (C=O) groups excluding carboxylic acids is 2. The molecule has 1 atom stereocenters. The summed E-state index contributed by atoms with van der Waals surface area (Å²) in [4.78, 5) is 31.8. The lowest BCUT2D eigenvalue weighted by Gasteiger charge is -2.17. The van der Waals surface area contributed by atoms with Crippen LogP contribution in [0.15, 0.2) is 6.20 Å². The van der Waals surface area contributed by atoms with E-state index < -0.39 is 17.9 Å². The standard InChI is InChI=1S/C16H23N7O2S/c1-8(17)6-12(26)23-16-13(15(19)25)20-7-11(22-16)21-10(14(18)24)5-4-9-2-3-9/h7,9-10,17H,2-6H2,1H3,(H2,18,24)(H2,19,25)(H2,21,22,23,26). The number of nitrogens with one attached hydrogen (secondary N) is 3. The fraction of sp³-hybridized carbons (Fsp3) is 0.500. The summed E-state index contributed by atoms with van der Waals surface area (Å²) >= 11 is 5.14. The second kappa shape index (κ2) is 8.65. The Morgan fingerprint density at radius 2 is 2.12 bits per heavy atom. The number of nitrogens with zero attached hydrogens (tertiary/aromatic N) is 2. The Morgan fingerprint density at radius 3 is 2.65 bits per heavy atom. The molecule has 7 N–H and O–H groups in total. The van der Waals surface area contributed by atoms with Gasteiger partial charge in [0.2, 0.25) is 5.91 Å². The molecule has 1 unspecified atom stereocenters. The van der Waals surface area contributed by atoms with Gasteiger partial charge in [-0.05, 0) is 25.7 Å². The van der Waals surface area contributed by atoms with E-state index in [0.717, 1.165) is 6.42 Å². The molecule has 1 aliphatic rings. The average Bonchev–Trinajstić information content (AvgIpc) is 3.34. The van der Waals surface area contributed by atoms with Crippen LogP contribution in [0.2, 0.25) is 0 Å². The van der Waals surface area contributed by atoms with Gasteiger partial charge in [-0.3, -0.25) is 9.59 Å². The second-order valence-corrected chi connectivity index (χ2v) is 6.93. The molecule has 1 fully saturated rings. The van der Waals surface area contributed by atoms with E-state index >= 15 is 0 Å². The van der Waals surface area contributed by atoms with Crippen molar-refractivity contribution in [2.75, 3.05) is 10.6 Å². The summed E-state index contributed by atoms with van der Waals surface area (Å²) in [7, 11) is 0. The summed E-state index contributed by atoms with van der Waals surface area (Å²) in [6.45, 7) is 1.62. The minimum Gasteiger partial charge on any atom is -0.368 e. The zero-order valence-electron chi connectivity index (χ0n) is 14.5. The Balaban J connectivity index is 2.15. The molecule has 0 aliphatic heterocycles. The molecule has 1 heterocycles. The first-order valence-corrected chi connectivity index (χ1v) is 8.73. The van der Waals surface area contributed by atoms with Gasteiger partial charge < -0.3 is 27.5 Å². The van der Waals surface area contributed by atoms with E-state index in [1.54, 1.807) is 6.92 Å². The predicted molar refractivity (Wildman–Crippen MR) is 103 cm³/mol. The number of rotatable bonds is 10. The van der Waals surface area contributed by atoms with Gasteiger partial charge in [-0.15, -0.1) is 0 Å². The quantitative estimate of drug-likeness (QED) is 0.302. The third-order valence-electron chi connectivity index (χ3n) is 3.92. The lowest BCUT2D eigenvalue weighted by atomic mass is 10.1. The van der Waals surface area contributed by atoms with Crippen molar-refractivity contribution < 1.29 is 9.59 Å². The van der Waals surface area contributed by atoms with Crippen LogP contribution in [0, 0.1) is 11.3 Å². The maximum atomic E-state index is 11.7. The van der Waals surface area contributed by atoms with Gasteiger partial charge in [0.1, 0.15) is 11.9 Å². The molecule has 1 saturated carbocycles. The SMILES string of the molecule is CC(=N)CC(=S)Nc1nc(NC(CCC2CC2)C(N)=O)cnc1C(N)=O. The molecular formula is C16H23N7O2S. The number of anilines is 2. The molecule has 0 spiro atoms. The summed E-state index contributed by atoms with van der Waals surface area (Å²) in [6.07, 6.45) is 5.45. The monoisotopic (exact) mass is 377 g/mol. The molecule has 0 radical (unpaired) electrons. The molecule has 2 amide bonds. The van der Waals surface area contributed by atoms with E-state index in [4.69, 9.17) is 29.1 Å². The van der Waals surface area contributed by atoms with Gasteiger partial charge in [0.05, 0.1) is 11.2 Å².